The van der Waals surface area contributed by atoms with Crippen molar-refractivity contribution in [2.24, 2.45) is 0 Å². The van der Waals surface area contributed by atoms with Gasteiger partial charge in [0.05, 0.1) is 11.0 Å². The standard InChI is InChI=1S/C9H3Cl2FN4O3/c10-7-8(13-9(11)15-14-7)19-6-2-1-4(12)3-5(6)16(17)18/h1-3H. The second-order valence-corrected chi connectivity index (χ2v) is 3.84. The topological polar surface area (TPSA) is 91.0 Å². The molecule has 7 nitrogen and oxygen atoms in total. The van der Waals surface area contributed by atoms with Crippen LogP contribution in [0.3, 0.4) is 0 Å². The van der Waals surface area contributed by atoms with E-state index in [1.165, 1.54) is 0 Å². The molecule has 0 amide bonds. The van der Waals surface area contributed by atoms with Crippen LogP contribution in [0.1, 0.15) is 0 Å². The van der Waals surface area contributed by atoms with E-state index < -0.39 is 16.4 Å². The molecule has 1 aromatic heterocycles. The molecule has 0 aliphatic heterocycles. The molecule has 1 heterocycles. The summed E-state index contributed by atoms with van der Waals surface area (Å²) in [5.74, 6) is -1.29. The Hall–Kier alpha value is -2.06. The van der Waals surface area contributed by atoms with Gasteiger partial charge in [-0.05, 0) is 23.7 Å². The van der Waals surface area contributed by atoms with Gasteiger partial charge in [-0.2, -0.15) is 4.98 Å². The zero-order chi connectivity index (χ0) is 14.0. The van der Waals surface area contributed by atoms with Gasteiger partial charge in [0.2, 0.25) is 16.2 Å². The molecule has 0 saturated heterocycles. The van der Waals surface area contributed by atoms with E-state index in [0.29, 0.717) is 6.07 Å². The average Bonchev–Trinajstić information content (AvgIpc) is 2.35. The zero-order valence-electron chi connectivity index (χ0n) is 8.88. The molecule has 0 fully saturated rings. The van der Waals surface area contributed by atoms with Gasteiger partial charge in [-0.25, -0.2) is 4.39 Å². The smallest absolute Gasteiger partial charge is 0.314 e. The van der Waals surface area contributed by atoms with Crippen LogP contribution in [0, 0.1) is 15.9 Å². The van der Waals surface area contributed by atoms with E-state index >= 15 is 0 Å². The van der Waals surface area contributed by atoms with Crippen molar-refractivity contribution < 1.29 is 14.1 Å². The van der Waals surface area contributed by atoms with Gasteiger partial charge in [-0.15, -0.1) is 10.2 Å². The number of halogens is 3. The first-order chi connectivity index (χ1) is 8.97. The minimum Gasteiger partial charge on any atom is -0.429 e. The third kappa shape index (κ3) is 3.04. The van der Waals surface area contributed by atoms with Crippen LogP contribution >= 0.6 is 23.2 Å². The molecule has 0 spiro atoms. The van der Waals surface area contributed by atoms with Crippen molar-refractivity contribution in [2.45, 2.75) is 0 Å². The number of nitro benzene ring substituents is 1. The van der Waals surface area contributed by atoms with E-state index in [2.05, 4.69) is 15.2 Å². The molecule has 1 aromatic carbocycles. The van der Waals surface area contributed by atoms with Crippen LogP contribution < -0.4 is 4.74 Å². The highest BCUT2D eigenvalue weighted by Gasteiger charge is 2.19. The van der Waals surface area contributed by atoms with Gasteiger partial charge in [0.1, 0.15) is 5.82 Å². The number of hydrogen-bond donors (Lipinski definition) is 0. The molecule has 19 heavy (non-hydrogen) atoms. The summed E-state index contributed by atoms with van der Waals surface area (Å²) in [6, 6.07) is 2.77. The lowest BCUT2D eigenvalue weighted by molar-refractivity contribution is -0.385. The van der Waals surface area contributed by atoms with E-state index in [9.17, 15) is 14.5 Å². The molecule has 98 valence electrons. The summed E-state index contributed by atoms with van der Waals surface area (Å²) in [4.78, 5) is 13.6. The summed E-state index contributed by atoms with van der Waals surface area (Å²) in [7, 11) is 0. The van der Waals surface area contributed by atoms with Crippen molar-refractivity contribution in [1.29, 1.82) is 0 Å². The van der Waals surface area contributed by atoms with Crippen molar-refractivity contribution >= 4 is 28.9 Å². The van der Waals surface area contributed by atoms with E-state index in [4.69, 9.17) is 27.9 Å². The number of nitro groups is 1. The Morgan fingerprint density at radius 2 is 2.05 bits per heavy atom. The maximum atomic E-state index is 12.9. The van der Waals surface area contributed by atoms with Gasteiger partial charge in [0, 0.05) is 0 Å². The molecule has 0 unspecified atom stereocenters. The molecule has 2 rings (SSSR count). The van der Waals surface area contributed by atoms with Gasteiger partial charge in [0.15, 0.2) is 0 Å². The fourth-order valence-electron chi connectivity index (χ4n) is 1.17. The fraction of sp³-hybridized carbons (Fsp3) is 0. The van der Waals surface area contributed by atoms with Crippen molar-refractivity contribution in [1.82, 2.24) is 15.2 Å². The largest absolute Gasteiger partial charge is 0.429 e. The fourth-order valence-corrected chi connectivity index (χ4v) is 1.40. The minimum atomic E-state index is -0.803. The van der Waals surface area contributed by atoms with Crippen LogP contribution in [-0.2, 0) is 0 Å². The predicted molar refractivity (Wildman–Crippen MR) is 63.0 cm³/mol. The summed E-state index contributed by atoms with van der Waals surface area (Å²) in [6.07, 6.45) is 0. The molecule has 0 bridgehead atoms. The van der Waals surface area contributed by atoms with Gasteiger partial charge >= 0.3 is 5.69 Å². The van der Waals surface area contributed by atoms with E-state index in [1.807, 2.05) is 0 Å². The Kier molecular flexibility index (Phi) is 3.72. The molecular formula is C9H3Cl2FN4O3. The van der Waals surface area contributed by atoms with Crippen LogP contribution in [-0.4, -0.2) is 20.1 Å². The highest BCUT2D eigenvalue weighted by molar-refractivity contribution is 6.31. The van der Waals surface area contributed by atoms with E-state index in [1.54, 1.807) is 0 Å². The maximum absolute atomic E-state index is 12.9. The third-order valence-electron chi connectivity index (χ3n) is 1.91. The lowest BCUT2D eigenvalue weighted by Gasteiger charge is -2.05. The van der Waals surface area contributed by atoms with Crippen LogP contribution in [0.25, 0.3) is 0 Å². The third-order valence-corrected chi connectivity index (χ3v) is 2.31. The first-order valence-electron chi connectivity index (χ1n) is 4.65. The van der Waals surface area contributed by atoms with Gasteiger partial charge in [-0.1, -0.05) is 11.6 Å². The first-order valence-corrected chi connectivity index (χ1v) is 5.40. The van der Waals surface area contributed by atoms with Crippen LogP contribution in [0.2, 0.25) is 10.4 Å². The van der Waals surface area contributed by atoms with Crippen LogP contribution in [0.15, 0.2) is 18.2 Å². The number of nitrogens with zero attached hydrogens (tertiary/aromatic N) is 4. The van der Waals surface area contributed by atoms with E-state index in [-0.39, 0.29) is 22.1 Å². The second kappa shape index (κ2) is 5.29. The number of aromatic nitrogens is 3. The molecule has 0 saturated carbocycles. The van der Waals surface area contributed by atoms with Crippen molar-refractivity contribution in [3.05, 3.63) is 44.6 Å². The Morgan fingerprint density at radius 3 is 2.74 bits per heavy atom. The van der Waals surface area contributed by atoms with Crippen molar-refractivity contribution in [3.63, 3.8) is 0 Å². The van der Waals surface area contributed by atoms with Gasteiger partial charge < -0.3 is 4.74 Å². The number of benzene rings is 1. The van der Waals surface area contributed by atoms with Crippen LogP contribution in [0.5, 0.6) is 11.6 Å². The van der Waals surface area contributed by atoms with Gasteiger partial charge in [0.25, 0.3) is 5.88 Å². The lowest BCUT2D eigenvalue weighted by atomic mass is 10.3. The highest BCUT2D eigenvalue weighted by Crippen LogP contribution is 2.33. The molecule has 0 radical (unpaired) electrons. The molecule has 0 N–H and O–H groups in total. The summed E-state index contributed by atoms with van der Waals surface area (Å²) in [5, 5.41) is 17.1. The van der Waals surface area contributed by atoms with Crippen LogP contribution in [0.4, 0.5) is 10.1 Å². The summed E-state index contributed by atoms with van der Waals surface area (Å²) >= 11 is 11.1. The Balaban J connectivity index is 2.43. The monoisotopic (exact) mass is 304 g/mol. The predicted octanol–water partition coefficient (Wildman–Crippen LogP) is 3.02. The quantitative estimate of drug-likeness (QED) is 0.639. The normalized spacial score (nSPS) is 10.3. The minimum absolute atomic E-state index is 0.233. The maximum Gasteiger partial charge on any atom is 0.314 e. The molecular weight excluding hydrogens is 302 g/mol. The molecule has 0 aliphatic carbocycles. The molecule has 0 aliphatic rings. The second-order valence-electron chi connectivity index (χ2n) is 3.15. The zero-order valence-corrected chi connectivity index (χ0v) is 10.4. The van der Waals surface area contributed by atoms with Crippen molar-refractivity contribution in [3.8, 4) is 11.6 Å². The SMILES string of the molecule is O=[N+]([O-])c1cc(F)ccc1Oc1nc(Cl)nnc1Cl. The lowest BCUT2D eigenvalue weighted by Crippen LogP contribution is -1.98. The Labute approximate surface area is 115 Å². The summed E-state index contributed by atoms with van der Waals surface area (Å²) < 4.78 is 18.0. The first kappa shape index (κ1) is 13.4. The number of ether oxygens (including phenoxy) is 1. The Bertz CT molecular complexity index is 655. The van der Waals surface area contributed by atoms with E-state index in [0.717, 1.165) is 12.1 Å². The molecule has 10 heteroatoms. The number of hydrogen-bond acceptors (Lipinski definition) is 6. The molecule has 0 atom stereocenters. The summed E-state index contributed by atoms with van der Waals surface area (Å²) in [5.41, 5.74) is -0.578. The average molecular weight is 305 g/mol. The number of rotatable bonds is 3. The highest BCUT2D eigenvalue weighted by atomic mass is 35.5. The summed E-state index contributed by atoms with van der Waals surface area (Å²) in [6.45, 7) is 0. The Morgan fingerprint density at radius 1 is 1.32 bits per heavy atom. The molecule has 2 aromatic rings. The van der Waals surface area contributed by atoms with Crippen molar-refractivity contribution in [2.75, 3.05) is 0 Å². The van der Waals surface area contributed by atoms with Gasteiger partial charge in [-0.3, -0.25) is 10.1 Å².